The second-order valence-corrected chi connectivity index (χ2v) is 7.27. The van der Waals surface area contributed by atoms with Crippen LogP contribution in [-0.2, 0) is 0 Å². The van der Waals surface area contributed by atoms with Gasteiger partial charge < -0.3 is 10.6 Å². The average molecular weight is 389 g/mol. The zero-order valence-corrected chi connectivity index (χ0v) is 14.9. The molecule has 1 aliphatic rings. The maximum absolute atomic E-state index is 14.0. The number of amides is 1. The summed E-state index contributed by atoms with van der Waals surface area (Å²) in [5, 5.41) is 5.74. The van der Waals surface area contributed by atoms with Gasteiger partial charge in [0.1, 0.15) is 11.9 Å². The van der Waals surface area contributed by atoms with E-state index < -0.39 is 30.5 Å². The van der Waals surface area contributed by atoms with Gasteiger partial charge in [-0.25, -0.2) is 4.39 Å². The lowest BCUT2D eigenvalue weighted by Gasteiger charge is -2.35. The van der Waals surface area contributed by atoms with Crippen molar-refractivity contribution in [1.82, 2.24) is 15.5 Å². The summed E-state index contributed by atoms with van der Waals surface area (Å²) in [6.45, 7) is 2.58. The number of nitrogens with one attached hydrogen (secondary N) is 2. The molecule has 0 bridgehead atoms. The molecule has 2 N–H and O–H groups in total. The van der Waals surface area contributed by atoms with E-state index in [1.807, 2.05) is 0 Å². The normalized spacial score (nSPS) is 17.4. The van der Waals surface area contributed by atoms with E-state index in [4.69, 9.17) is 0 Å². The first-order valence-corrected chi connectivity index (χ1v) is 9.08. The van der Waals surface area contributed by atoms with Gasteiger partial charge >= 0.3 is 6.18 Å². The van der Waals surface area contributed by atoms with Crippen molar-refractivity contribution in [2.24, 2.45) is 0 Å². The third-order valence-electron chi connectivity index (χ3n) is 4.54. The summed E-state index contributed by atoms with van der Waals surface area (Å²) in [5.41, 5.74) is 0.450. The fourth-order valence-electron chi connectivity index (χ4n) is 3.19. The molecule has 1 fully saturated rings. The summed E-state index contributed by atoms with van der Waals surface area (Å²) >= 11 is 1.08. The van der Waals surface area contributed by atoms with Crippen LogP contribution >= 0.6 is 11.3 Å². The number of aryl methyl sites for hydroxylation is 1. The summed E-state index contributed by atoms with van der Waals surface area (Å²) < 4.78 is 54.7. The molecular weight excluding hydrogens is 370 g/mol. The van der Waals surface area contributed by atoms with Crippen molar-refractivity contribution < 1.29 is 22.4 Å². The Kier molecular flexibility index (Phi) is 5.50. The molecule has 1 aromatic heterocycles. The predicted octanol–water partition coefficient (Wildman–Crippen LogP) is 2.91. The molecule has 26 heavy (non-hydrogen) atoms. The van der Waals surface area contributed by atoms with E-state index in [1.54, 1.807) is 19.1 Å². The van der Waals surface area contributed by atoms with E-state index in [2.05, 4.69) is 10.6 Å². The third-order valence-corrected chi connectivity index (χ3v) is 5.79. The second kappa shape index (κ2) is 7.50. The number of hydrogen-bond acceptors (Lipinski definition) is 4. The van der Waals surface area contributed by atoms with Crippen LogP contribution < -0.4 is 10.6 Å². The smallest absolute Gasteiger partial charge is 0.349 e. The lowest BCUT2D eigenvalue weighted by atomic mass is 10.1. The highest BCUT2D eigenvalue weighted by atomic mass is 32.1. The Morgan fingerprint density at radius 3 is 2.65 bits per heavy atom. The van der Waals surface area contributed by atoms with Gasteiger partial charge in [0.05, 0.1) is 4.88 Å². The fraction of sp³-hybridized carbons (Fsp3) is 0.471. The number of hydrogen-bond donors (Lipinski definition) is 2. The van der Waals surface area contributed by atoms with Crippen LogP contribution in [0.25, 0.3) is 10.1 Å². The summed E-state index contributed by atoms with van der Waals surface area (Å²) in [4.78, 5) is 14.0. The van der Waals surface area contributed by atoms with Gasteiger partial charge in [-0.15, -0.1) is 11.3 Å². The number of alkyl halides is 3. The van der Waals surface area contributed by atoms with Gasteiger partial charge in [0, 0.05) is 42.8 Å². The Balaban J connectivity index is 1.76. The molecule has 1 amide bonds. The molecule has 4 nitrogen and oxygen atoms in total. The minimum absolute atomic E-state index is 0.242. The number of thiophene rings is 1. The zero-order valence-electron chi connectivity index (χ0n) is 14.1. The minimum Gasteiger partial charge on any atom is -0.349 e. The minimum atomic E-state index is -4.44. The third kappa shape index (κ3) is 3.84. The van der Waals surface area contributed by atoms with Gasteiger partial charge in [-0.2, -0.15) is 13.2 Å². The monoisotopic (exact) mass is 389 g/mol. The maximum atomic E-state index is 14.0. The Morgan fingerprint density at radius 1 is 1.35 bits per heavy atom. The molecule has 9 heteroatoms. The summed E-state index contributed by atoms with van der Waals surface area (Å²) in [5.74, 6) is -1.04. The Bertz CT molecular complexity index is 799. The number of rotatable bonds is 4. The number of halogens is 4. The molecule has 1 saturated heterocycles. The number of carbonyl (C=O) groups is 1. The molecule has 0 saturated carbocycles. The molecule has 0 aliphatic carbocycles. The number of carbonyl (C=O) groups excluding carboxylic acids is 1. The van der Waals surface area contributed by atoms with Gasteiger partial charge in [0.15, 0.2) is 0 Å². The highest BCUT2D eigenvalue weighted by Crippen LogP contribution is 2.32. The molecule has 1 atom stereocenters. The van der Waals surface area contributed by atoms with Crippen LogP contribution in [0.5, 0.6) is 0 Å². The summed E-state index contributed by atoms with van der Waals surface area (Å²) in [7, 11) is 0. The number of piperazine rings is 1. The quantitative estimate of drug-likeness (QED) is 0.791. The molecule has 142 valence electrons. The van der Waals surface area contributed by atoms with Crippen molar-refractivity contribution in [3.05, 3.63) is 34.5 Å². The molecule has 3 rings (SSSR count). The van der Waals surface area contributed by atoms with E-state index in [0.717, 1.165) is 11.3 Å². The van der Waals surface area contributed by atoms with Crippen LogP contribution in [0, 0.1) is 12.7 Å². The molecular formula is C17H19F4N3OS. The molecule has 0 radical (unpaired) electrons. The number of nitrogens with zero attached hydrogens (tertiary/aromatic N) is 1. The molecule has 2 aromatic rings. The average Bonchev–Trinajstić information content (AvgIpc) is 2.93. The predicted molar refractivity (Wildman–Crippen MR) is 93.1 cm³/mol. The SMILES string of the molecule is Cc1c(C(=O)NCC(N2CCNCC2)C(F)(F)F)sc2cccc(F)c12. The van der Waals surface area contributed by atoms with Crippen molar-refractivity contribution >= 4 is 27.3 Å². The van der Waals surface area contributed by atoms with Crippen molar-refractivity contribution in [1.29, 1.82) is 0 Å². The molecule has 1 unspecified atom stereocenters. The van der Waals surface area contributed by atoms with E-state index in [1.165, 1.54) is 11.0 Å². The van der Waals surface area contributed by atoms with Gasteiger partial charge in [-0.3, -0.25) is 9.69 Å². The molecule has 1 aromatic carbocycles. The Hall–Kier alpha value is -1.71. The lowest BCUT2D eigenvalue weighted by molar-refractivity contribution is -0.183. The maximum Gasteiger partial charge on any atom is 0.405 e. The van der Waals surface area contributed by atoms with E-state index in [0.29, 0.717) is 28.7 Å². The highest BCUT2D eigenvalue weighted by molar-refractivity contribution is 7.21. The van der Waals surface area contributed by atoms with Gasteiger partial charge in [-0.1, -0.05) is 6.07 Å². The number of benzene rings is 1. The van der Waals surface area contributed by atoms with E-state index >= 15 is 0 Å². The van der Waals surface area contributed by atoms with Crippen molar-refractivity contribution in [3.8, 4) is 0 Å². The summed E-state index contributed by atoms with van der Waals surface area (Å²) in [6, 6.07) is 2.79. The highest BCUT2D eigenvalue weighted by Gasteiger charge is 2.43. The second-order valence-electron chi connectivity index (χ2n) is 6.22. The Labute approximate surface area is 152 Å². The molecule has 1 aliphatic heterocycles. The summed E-state index contributed by atoms with van der Waals surface area (Å²) in [6.07, 6.45) is -4.44. The first-order chi connectivity index (χ1) is 12.3. The molecule has 0 spiro atoms. The van der Waals surface area contributed by atoms with Crippen LogP contribution in [0.4, 0.5) is 17.6 Å². The first-order valence-electron chi connectivity index (χ1n) is 8.26. The van der Waals surface area contributed by atoms with Crippen LogP contribution in [0.15, 0.2) is 18.2 Å². The van der Waals surface area contributed by atoms with Crippen LogP contribution in [0.2, 0.25) is 0 Å². The first kappa shape index (κ1) is 19.1. The largest absolute Gasteiger partial charge is 0.405 e. The van der Waals surface area contributed by atoms with Gasteiger partial charge in [0.25, 0.3) is 5.91 Å². The topological polar surface area (TPSA) is 44.4 Å². The van der Waals surface area contributed by atoms with Gasteiger partial charge in [-0.05, 0) is 24.6 Å². The van der Waals surface area contributed by atoms with Gasteiger partial charge in [0.2, 0.25) is 0 Å². The Morgan fingerprint density at radius 2 is 2.04 bits per heavy atom. The van der Waals surface area contributed by atoms with Crippen molar-refractivity contribution in [3.63, 3.8) is 0 Å². The van der Waals surface area contributed by atoms with E-state index in [9.17, 15) is 22.4 Å². The van der Waals surface area contributed by atoms with E-state index in [-0.39, 0.29) is 18.0 Å². The van der Waals surface area contributed by atoms with Crippen LogP contribution in [-0.4, -0.2) is 55.7 Å². The van der Waals surface area contributed by atoms with Crippen molar-refractivity contribution in [2.45, 2.75) is 19.1 Å². The fourth-order valence-corrected chi connectivity index (χ4v) is 4.32. The molecule has 2 heterocycles. The standard InChI is InChI=1S/C17H19F4N3OS/c1-10-14-11(18)3-2-4-12(14)26-15(10)16(25)23-9-13(17(19,20)21)24-7-5-22-6-8-24/h2-4,13,22H,5-9H2,1H3,(H,23,25). The van der Waals surface area contributed by atoms with Crippen LogP contribution in [0.3, 0.4) is 0 Å². The number of fused-ring (bicyclic) bond motifs is 1. The van der Waals surface area contributed by atoms with Crippen molar-refractivity contribution in [2.75, 3.05) is 32.7 Å². The zero-order chi connectivity index (χ0) is 18.9. The van der Waals surface area contributed by atoms with Crippen LogP contribution in [0.1, 0.15) is 15.2 Å². The lowest BCUT2D eigenvalue weighted by Crippen LogP contribution is -2.57.